The molecule has 0 atom stereocenters. The van der Waals surface area contributed by atoms with Gasteiger partial charge in [0.15, 0.2) is 11.5 Å². The highest BCUT2D eigenvalue weighted by atomic mass is 16.5. The lowest BCUT2D eigenvalue weighted by molar-refractivity contribution is -0.305. The third-order valence-electron chi connectivity index (χ3n) is 6.60. The summed E-state index contributed by atoms with van der Waals surface area (Å²) in [7, 11) is 2.76. The number of rotatable bonds is 16. The van der Waals surface area contributed by atoms with Gasteiger partial charge >= 0.3 is 11.3 Å². The van der Waals surface area contributed by atoms with Gasteiger partial charge in [-0.15, -0.1) is 0 Å². The number of aromatic hydroxyl groups is 4. The number of unbranched alkanes of at least 4 members (excludes halogenated alkanes) is 5. The Labute approximate surface area is 259 Å². The highest BCUT2D eigenvalue weighted by molar-refractivity contribution is 5.88. The molecule has 9 nitrogen and oxygen atoms in total. The van der Waals surface area contributed by atoms with Crippen LogP contribution in [-0.4, -0.2) is 40.6 Å². The summed E-state index contributed by atoms with van der Waals surface area (Å²) >= 11 is 0. The number of carbonyl (C=O) groups excluding carboxylic acids is 1. The maximum Gasteiger partial charge on any atom is 0.402 e. The van der Waals surface area contributed by atoms with Crippen molar-refractivity contribution in [3.63, 3.8) is 0 Å². The number of hydrogen-bond acceptors (Lipinski definition) is 8. The molecule has 0 saturated heterocycles. The fourth-order valence-corrected chi connectivity index (χ4v) is 4.31. The van der Waals surface area contributed by atoms with Gasteiger partial charge in [-0.25, -0.2) is 4.42 Å². The third kappa shape index (κ3) is 11.9. The van der Waals surface area contributed by atoms with E-state index in [2.05, 4.69) is 43.4 Å². The third-order valence-corrected chi connectivity index (χ3v) is 6.60. The largest absolute Gasteiger partial charge is 0.550 e. The average molecular weight is 609 g/mol. The first-order valence-electron chi connectivity index (χ1n) is 14.8. The number of carboxylic acids is 1. The van der Waals surface area contributed by atoms with Crippen molar-refractivity contribution in [3.05, 3.63) is 66.8 Å². The van der Waals surface area contributed by atoms with Gasteiger partial charge in [-0.05, 0) is 44.9 Å². The lowest BCUT2D eigenvalue weighted by atomic mass is 10.1. The highest BCUT2D eigenvalue weighted by Crippen LogP contribution is 2.44. The molecule has 3 rings (SSSR count). The van der Waals surface area contributed by atoms with E-state index in [0.29, 0.717) is 5.56 Å². The first-order valence-corrected chi connectivity index (χ1v) is 14.8. The number of methoxy groups -OCH3 is 2. The van der Waals surface area contributed by atoms with Crippen LogP contribution in [0.4, 0.5) is 0 Å². The first kappa shape index (κ1) is 35.5. The van der Waals surface area contributed by atoms with Crippen molar-refractivity contribution in [2.45, 2.75) is 71.1 Å². The summed E-state index contributed by atoms with van der Waals surface area (Å²) in [4.78, 5) is 10.2. The predicted molar refractivity (Wildman–Crippen MR) is 170 cm³/mol. The van der Waals surface area contributed by atoms with Gasteiger partial charge in [-0.2, -0.15) is 0 Å². The number of aliphatic carboxylic acids is 1. The van der Waals surface area contributed by atoms with Gasteiger partial charge in [0, 0.05) is 30.2 Å². The Morgan fingerprint density at radius 1 is 0.773 bits per heavy atom. The van der Waals surface area contributed by atoms with Gasteiger partial charge in [0.1, 0.15) is 16.9 Å². The van der Waals surface area contributed by atoms with E-state index < -0.39 is 5.97 Å². The SMILES string of the molecule is CC/C=C\C/C=C\C/C=C\CCCCCCCC(=O)[O-].COc1cc(-c2[o+]c3cc(O)cc(O)c3cc2O)cc(OC)c1O. The number of carboxylic acid groups (broad SMARTS) is 1. The molecule has 0 aliphatic heterocycles. The second kappa shape index (κ2) is 19.5. The van der Waals surface area contributed by atoms with Gasteiger partial charge in [-0.3, -0.25) is 0 Å². The minimum absolute atomic E-state index is 0.0594. The zero-order chi connectivity index (χ0) is 32.3. The van der Waals surface area contributed by atoms with Crippen molar-refractivity contribution in [3.8, 4) is 45.8 Å². The maximum atomic E-state index is 10.2. The number of ether oxygens (including phenoxy) is 2. The number of phenolic OH excluding ortho intramolecular Hbond substituents is 3. The summed E-state index contributed by atoms with van der Waals surface area (Å²) in [5.74, 6) is -1.42. The molecule has 0 radical (unpaired) electrons. The fourth-order valence-electron chi connectivity index (χ4n) is 4.31. The molecule has 238 valence electrons. The molecule has 0 aliphatic rings. The molecule has 1 heterocycles. The van der Waals surface area contributed by atoms with E-state index in [4.69, 9.17) is 13.9 Å². The second-order valence-corrected chi connectivity index (χ2v) is 10.0. The molecular formula is C35H44O9. The van der Waals surface area contributed by atoms with Crippen LogP contribution in [0.1, 0.15) is 71.1 Å². The zero-order valence-corrected chi connectivity index (χ0v) is 25.8. The molecule has 0 amide bonds. The molecule has 0 spiro atoms. The van der Waals surface area contributed by atoms with Crippen molar-refractivity contribution >= 4 is 16.9 Å². The summed E-state index contributed by atoms with van der Waals surface area (Å²) in [6.45, 7) is 2.15. The first-order chi connectivity index (χ1) is 21.2. The van der Waals surface area contributed by atoms with Crippen molar-refractivity contribution in [1.82, 2.24) is 0 Å². The Morgan fingerprint density at radius 2 is 1.36 bits per heavy atom. The smallest absolute Gasteiger partial charge is 0.402 e. The van der Waals surface area contributed by atoms with Crippen LogP contribution in [0.3, 0.4) is 0 Å². The molecule has 0 unspecified atom stereocenters. The number of fused-ring (bicyclic) bond motifs is 1. The monoisotopic (exact) mass is 608 g/mol. The van der Waals surface area contributed by atoms with Gasteiger partial charge in [0.2, 0.25) is 11.5 Å². The summed E-state index contributed by atoms with van der Waals surface area (Å²) in [6.07, 6.45) is 23.0. The van der Waals surface area contributed by atoms with Crippen molar-refractivity contribution < 1.29 is 44.2 Å². The Balaban J connectivity index is 0.000000314. The van der Waals surface area contributed by atoms with E-state index in [9.17, 15) is 30.3 Å². The topological polar surface area (TPSA) is 151 Å². The zero-order valence-electron chi connectivity index (χ0n) is 25.8. The van der Waals surface area contributed by atoms with Crippen molar-refractivity contribution in [2.75, 3.05) is 14.2 Å². The summed E-state index contributed by atoms with van der Waals surface area (Å²) in [5.41, 5.74) is 0.551. The van der Waals surface area contributed by atoms with Crippen LogP contribution in [0.5, 0.6) is 34.5 Å². The van der Waals surface area contributed by atoms with E-state index >= 15 is 0 Å². The average Bonchev–Trinajstić information content (AvgIpc) is 2.99. The molecule has 44 heavy (non-hydrogen) atoms. The number of benzene rings is 2. The molecule has 4 N–H and O–H groups in total. The van der Waals surface area contributed by atoms with Crippen LogP contribution in [0.2, 0.25) is 0 Å². The Bertz CT molecular complexity index is 1400. The van der Waals surface area contributed by atoms with E-state index in [-0.39, 0.29) is 57.6 Å². The number of allylic oxidation sites excluding steroid dienone is 6. The number of carbonyl (C=O) groups is 1. The van der Waals surface area contributed by atoms with Crippen LogP contribution in [0, 0.1) is 0 Å². The Hall–Kier alpha value is -4.66. The fraction of sp³-hybridized carbons (Fsp3) is 0.371. The van der Waals surface area contributed by atoms with Crippen molar-refractivity contribution in [2.24, 2.45) is 0 Å². The van der Waals surface area contributed by atoms with Crippen LogP contribution in [0.15, 0.2) is 71.2 Å². The molecule has 0 fully saturated rings. The van der Waals surface area contributed by atoms with Crippen LogP contribution >= 0.6 is 0 Å². The quantitative estimate of drug-likeness (QED) is 0.0734. The summed E-state index contributed by atoms with van der Waals surface area (Å²) in [5, 5.41) is 50.1. The van der Waals surface area contributed by atoms with Crippen LogP contribution < -0.4 is 14.6 Å². The molecule has 2 aromatic carbocycles. The molecular weight excluding hydrogens is 564 g/mol. The maximum absolute atomic E-state index is 10.2. The standard InChI is InChI=1S/C18H30O2.C17H14O7/c1-2-3-4-5-6-7-8-9-10-11-12-13-14-15-16-17-18(19)20;1-22-14-3-8(4-15(23-2)16(14)21)17-12(20)7-10-11(19)5-9(18)6-13(10)24-17/h3-4,6-7,9-10H,2,5,8,11-17H2,1H3,(H,19,20);3-7H,1-2H3,(H3-,18,19,20,21)/b4-3-,7-6-,10-9-;. The van der Waals surface area contributed by atoms with Gasteiger partial charge < -0.3 is 39.8 Å². The second-order valence-electron chi connectivity index (χ2n) is 10.0. The Morgan fingerprint density at radius 3 is 1.98 bits per heavy atom. The molecule has 3 aromatic rings. The summed E-state index contributed by atoms with van der Waals surface area (Å²) in [6, 6.07) is 6.70. The minimum atomic E-state index is -0.925. The minimum Gasteiger partial charge on any atom is -0.550 e. The lowest BCUT2D eigenvalue weighted by Gasteiger charge is -2.09. The molecule has 0 saturated carbocycles. The van der Waals surface area contributed by atoms with Crippen molar-refractivity contribution in [1.29, 1.82) is 0 Å². The molecule has 9 heteroatoms. The van der Waals surface area contributed by atoms with E-state index in [0.717, 1.165) is 51.0 Å². The number of hydrogen-bond donors (Lipinski definition) is 4. The predicted octanol–water partition coefficient (Wildman–Crippen LogP) is 7.55. The molecule has 0 aliphatic carbocycles. The lowest BCUT2D eigenvalue weighted by Crippen LogP contribution is -2.21. The van der Waals surface area contributed by atoms with Gasteiger partial charge in [-0.1, -0.05) is 62.6 Å². The summed E-state index contributed by atoms with van der Waals surface area (Å²) < 4.78 is 15.8. The van der Waals surface area contributed by atoms with E-state index in [1.165, 1.54) is 51.3 Å². The van der Waals surface area contributed by atoms with Gasteiger partial charge in [0.05, 0.1) is 25.8 Å². The van der Waals surface area contributed by atoms with Crippen LogP contribution in [-0.2, 0) is 4.79 Å². The molecule has 0 bridgehead atoms. The van der Waals surface area contributed by atoms with E-state index in [1.807, 2.05) is 0 Å². The Kier molecular flexibility index (Phi) is 15.8. The molecule has 1 aromatic heterocycles. The van der Waals surface area contributed by atoms with Gasteiger partial charge in [0.25, 0.3) is 0 Å². The highest BCUT2D eigenvalue weighted by Gasteiger charge is 2.26. The normalized spacial score (nSPS) is 11.3. The van der Waals surface area contributed by atoms with Crippen LogP contribution in [0.25, 0.3) is 22.3 Å². The van der Waals surface area contributed by atoms with E-state index in [1.54, 1.807) is 0 Å². The number of phenols is 3.